The van der Waals surface area contributed by atoms with Crippen molar-refractivity contribution in [1.82, 2.24) is 24.9 Å². The topological polar surface area (TPSA) is 89.8 Å². The van der Waals surface area contributed by atoms with Gasteiger partial charge in [0, 0.05) is 0 Å². The largest absolute Gasteiger partial charge is 0.241 e. The standard InChI is InChI=1S/C26H21N5O2S2/c1-17-13-15-20(16-14-17)35(32,33)28-24-21-11-5-7-18-8-6-12-22(23(18)21)25(24)34-26-27-29-30-31(26)19-9-3-2-4-10-19/h2-16,24-25,28H,1H3/t24-,25+/m1/s1. The van der Waals surface area contributed by atoms with Gasteiger partial charge in [-0.25, -0.2) is 13.1 Å². The van der Waals surface area contributed by atoms with Crippen molar-refractivity contribution < 1.29 is 8.42 Å². The van der Waals surface area contributed by atoms with Crippen LogP contribution in [0.2, 0.25) is 0 Å². The molecule has 5 aromatic rings. The lowest BCUT2D eigenvalue weighted by Crippen LogP contribution is -2.30. The first-order valence-electron chi connectivity index (χ1n) is 11.1. The van der Waals surface area contributed by atoms with Crippen LogP contribution in [0.1, 0.15) is 28.0 Å². The smallest absolute Gasteiger partial charge is 0.207 e. The van der Waals surface area contributed by atoms with Crippen LogP contribution < -0.4 is 4.72 Å². The van der Waals surface area contributed by atoms with Crippen LogP contribution in [0.25, 0.3) is 16.5 Å². The van der Waals surface area contributed by atoms with Gasteiger partial charge in [0.25, 0.3) is 0 Å². The Balaban J connectivity index is 1.43. The summed E-state index contributed by atoms with van der Waals surface area (Å²) in [6, 6.07) is 28.2. The molecule has 0 spiro atoms. The number of nitrogens with zero attached hydrogens (tertiary/aromatic N) is 4. The number of sulfonamides is 1. The number of aryl methyl sites for hydroxylation is 1. The van der Waals surface area contributed by atoms with Crippen molar-refractivity contribution in [3.8, 4) is 5.69 Å². The van der Waals surface area contributed by atoms with E-state index in [1.54, 1.807) is 28.9 Å². The van der Waals surface area contributed by atoms with Crippen molar-refractivity contribution in [3.63, 3.8) is 0 Å². The zero-order chi connectivity index (χ0) is 24.0. The molecule has 0 unspecified atom stereocenters. The molecular weight excluding hydrogens is 478 g/mol. The van der Waals surface area contributed by atoms with E-state index >= 15 is 0 Å². The van der Waals surface area contributed by atoms with Crippen LogP contribution in [0.15, 0.2) is 101 Å². The molecular formula is C26H21N5O2S2. The highest BCUT2D eigenvalue weighted by atomic mass is 32.2. The number of hydrogen-bond acceptors (Lipinski definition) is 6. The highest BCUT2D eigenvalue weighted by molar-refractivity contribution is 7.99. The molecule has 0 fully saturated rings. The molecule has 1 aliphatic rings. The summed E-state index contributed by atoms with van der Waals surface area (Å²) in [5.41, 5.74) is 3.85. The van der Waals surface area contributed by atoms with Crippen molar-refractivity contribution in [1.29, 1.82) is 0 Å². The van der Waals surface area contributed by atoms with Crippen molar-refractivity contribution in [2.75, 3.05) is 0 Å². The van der Waals surface area contributed by atoms with Gasteiger partial charge in [0.2, 0.25) is 15.2 Å². The van der Waals surface area contributed by atoms with Gasteiger partial charge in [-0.2, -0.15) is 4.68 Å². The molecule has 1 aliphatic carbocycles. The summed E-state index contributed by atoms with van der Waals surface area (Å²) in [5.74, 6) is 0. The second kappa shape index (κ2) is 8.60. The molecule has 174 valence electrons. The molecule has 0 radical (unpaired) electrons. The summed E-state index contributed by atoms with van der Waals surface area (Å²) >= 11 is 1.46. The van der Waals surface area contributed by atoms with E-state index in [9.17, 15) is 8.42 Å². The number of rotatable bonds is 6. The lowest BCUT2D eigenvalue weighted by molar-refractivity contribution is 0.557. The molecule has 0 amide bonds. The highest BCUT2D eigenvalue weighted by Gasteiger charge is 2.39. The number of nitrogens with one attached hydrogen (secondary N) is 1. The van der Waals surface area contributed by atoms with Gasteiger partial charge in [-0.3, -0.25) is 0 Å². The molecule has 35 heavy (non-hydrogen) atoms. The SMILES string of the molecule is Cc1ccc(S(=O)(=O)N[C@@H]2c3cccc4cccc(c34)[C@@H]2Sc2nnnn2-c2ccccc2)cc1. The van der Waals surface area contributed by atoms with Crippen LogP contribution in [0.3, 0.4) is 0 Å². The fourth-order valence-electron chi connectivity index (χ4n) is 4.55. The molecule has 4 aromatic carbocycles. The first-order chi connectivity index (χ1) is 17.0. The number of benzene rings is 4. The normalized spacial score (nSPS) is 17.2. The Hall–Kier alpha value is -3.53. The zero-order valence-corrected chi connectivity index (χ0v) is 20.4. The molecule has 0 aliphatic heterocycles. The predicted octanol–water partition coefficient (Wildman–Crippen LogP) is 4.99. The number of hydrogen-bond donors (Lipinski definition) is 1. The summed E-state index contributed by atoms with van der Waals surface area (Å²) in [6.45, 7) is 1.93. The molecule has 2 atom stereocenters. The Kier molecular flexibility index (Phi) is 5.40. The van der Waals surface area contributed by atoms with E-state index in [1.165, 1.54) is 11.8 Å². The Labute approximate surface area is 207 Å². The summed E-state index contributed by atoms with van der Waals surface area (Å²) in [4.78, 5) is 0.240. The molecule has 6 rings (SSSR count). The van der Waals surface area contributed by atoms with E-state index in [0.717, 1.165) is 33.2 Å². The molecule has 0 saturated heterocycles. The lowest BCUT2D eigenvalue weighted by Gasteiger charge is -2.22. The zero-order valence-electron chi connectivity index (χ0n) is 18.7. The van der Waals surface area contributed by atoms with Crippen LogP contribution >= 0.6 is 11.8 Å². The lowest BCUT2D eigenvalue weighted by atomic mass is 10.1. The summed E-state index contributed by atoms with van der Waals surface area (Å²) in [6.07, 6.45) is 0. The van der Waals surface area contributed by atoms with Crippen LogP contribution in [0, 0.1) is 6.92 Å². The van der Waals surface area contributed by atoms with Gasteiger partial charge in [-0.15, -0.1) is 5.10 Å². The fourth-order valence-corrected chi connectivity index (χ4v) is 7.09. The van der Waals surface area contributed by atoms with E-state index in [-0.39, 0.29) is 10.1 Å². The average molecular weight is 500 g/mol. The monoisotopic (exact) mass is 499 g/mol. The van der Waals surface area contributed by atoms with Crippen LogP contribution in [0.4, 0.5) is 0 Å². The third-order valence-corrected chi connectivity index (χ3v) is 8.90. The molecule has 7 nitrogen and oxygen atoms in total. The maximum absolute atomic E-state index is 13.4. The summed E-state index contributed by atoms with van der Waals surface area (Å²) < 4.78 is 31.6. The number of thioether (sulfide) groups is 1. The van der Waals surface area contributed by atoms with Gasteiger partial charge < -0.3 is 0 Å². The Morgan fingerprint density at radius 2 is 1.57 bits per heavy atom. The van der Waals surface area contributed by atoms with Crippen molar-refractivity contribution in [3.05, 3.63) is 108 Å². The fraction of sp³-hybridized carbons (Fsp3) is 0.115. The van der Waals surface area contributed by atoms with Gasteiger partial charge in [-0.1, -0.05) is 84.1 Å². The second-order valence-corrected chi connectivity index (χ2v) is 11.3. The Morgan fingerprint density at radius 3 is 2.31 bits per heavy atom. The quantitative estimate of drug-likeness (QED) is 0.354. The van der Waals surface area contributed by atoms with Crippen molar-refractivity contribution >= 4 is 32.6 Å². The van der Waals surface area contributed by atoms with Crippen molar-refractivity contribution in [2.24, 2.45) is 0 Å². The van der Waals surface area contributed by atoms with Crippen molar-refractivity contribution in [2.45, 2.75) is 28.3 Å². The molecule has 1 aromatic heterocycles. The van der Waals surface area contributed by atoms with Crippen LogP contribution in [-0.2, 0) is 10.0 Å². The molecule has 1 N–H and O–H groups in total. The van der Waals surface area contributed by atoms with E-state index in [2.05, 4.69) is 38.4 Å². The number of aromatic nitrogens is 4. The van der Waals surface area contributed by atoms with E-state index in [4.69, 9.17) is 0 Å². The van der Waals surface area contributed by atoms with E-state index in [1.807, 2.05) is 55.5 Å². The number of para-hydroxylation sites is 1. The van der Waals surface area contributed by atoms with Gasteiger partial charge >= 0.3 is 0 Å². The van der Waals surface area contributed by atoms with E-state index in [0.29, 0.717) is 5.16 Å². The minimum atomic E-state index is -3.77. The molecule has 0 saturated carbocycles. The highest BCUT2D eigenvalue weighted by Crippen LogP contribution is 2.53. The molecule has 1 heterocycles. The van der Waals surface area contributed by atoms with Crippen LogP contribution in [0.5, 0.6) is 0 Å². The first-order valence-corrected chi connectivity index (χ1v) is 13.5. The minimum Gasteiger partial charge on any atom is -0.207 e. The summed E-state index contributed by atoms with van der Waals surface area (Å²) in [7, 11) is -3.77. The molecule has 0 bridgehead atoms. The minimum absolute atomic E-state index is 0.240. The maximum atomic E-state index is 13.4. The van der Waals surface area contributed by atoms with Gasteiger partial charge in [0.15, 0.2) is 0 Å². The molecule has 9 heteroatoms. The van der Waals surface area contributed by atoms with Gasteiger partial charge in [0.05, 0.1) is 21.9 Å². The van der Waals surface area contributed by atoms with E-state index < -0.39 is 16.1 Å². The third kappa shape index (κ3) is 3.91. The number of tetrazole rings is 1. The average Bonchev–Trinajstić information content (AvgIpc) is 3.45. The first kappa shape index (κ1) is 22.0. The van der Waals surface area contributed by atoms with Gasteiger partial charge in [-0.05, 0) is 63.5 Å². The third-order valence-electron chi connectivity index (χ3n) is 6.20. The summed E-state index contributed by atoms with van der Waals surface area (Å²) in [5, 5.41) is 14.8. The van der Waals surface area contributed by atoms with Gasteiger partial charge in [0.1, 0.15) is 0 Å². The Morgan fingerprint density at radius 1 is 0.857 bits per heavy atom. The van der Waals surface area contributed by atoms with Crippen LogP contribution in [-0.4, -0.2) is 28.6 Å². The Bertz CT molecular complexity index is 1630. The predicted molar refractivity (Wildman–Crippen MR) is 136 cm³/mol. The maximum Gasteiger partial charge on any atom is 0.241 e. The second-order valence-electron chi connectivity index (χ2n) is 8.45.